The maximum atomic E-state index is 12.4. The first-order chi connectivity index (χ1) is 26.8. The fourth-order valence-electron chi connectivity index (χ4n) is 5.49. The molecular formula is C46H77O8P. The summed E-state index contributed by atoms with van der Waals surface area (Å²) in [6, 6.07) is 0. The Morgan fingerprint density at radius 1 is 0.491 bits per heavy atom. The Labute approximate surface area is 335 Å². The van der Waals surface area contributed by atoms with E-state index in [0.29, 0.717) is 12.8 Å². The minimum Gasteiger partial charge on any atom is -0.462 e. The molecule has 0 spiro atoms. The Morgan fingerprint density at radius 3 is 1.33 bits per heavy atom. The van der Waals surface area contributed by atoms with Crippen LogP contribution in [0.3, 0.4) is 0 Å². The predicted molar refractivity (Wildman–Crippen MR) is 230 cm³/mol. The molecule has 0 rings (SSSR count). The number of esters is 2. The molecular weight excluding hydrogens is 711 g/mol. The highest BCUT2D eigenvalue weighted by atomic mass is 31.2. The molecule has 0 aliphatic carbocycles. The number of allylic oxidation sites excluding steroid dienone is 14. The second-order valence-electron chi connectivity index (χ2n) is 13.9. The van der Waals surface area contributed by atoms with Crippen LogP contribution >= 0.6 is 7.82 Å². The van der Waals surface area contributed by atoms with E-state index in [1.807, 2.05) is 0 Å². The van der Waals surface area contributed by atoms with Gasteiger partial charge in [0.2, 0.25) is 0 Å². The van der Waals surface area contributed by atoms with Crippen molar-refractivity contribution in [2.24, 2.45) is 0 Å². The van der Waals surface area contributed by atoms with E-state index in [-0.39, 0.29) is 19.4 Å². The van der Waals surface area contributed by atoms with Crippen molar-refractivity contribution in [1.82, 2.24) is 0 Å². The molecule has 0 saturated heterocycles. The summed E-state index contributed by atoms with van der Waals surface area (Å²) in [4.78, 5) is 42.9. The molecule has 0 aromatic rings. The summed E-state index contributed by atoms with van der Waals surface area (Å²) < 4.78 is 26.4. The van der Waals surface area contributed by atoms with Crippen molar-refractivity contribution in [3.05, 3.63) is 85.1 Å². The first-order valence-electron chi connectivity index (χ1n) is 21.4. The quantitative estimate of drug-likeness (QED) is 0.0275. The topological polar surface area (TPSA) is 119 Å². The van der Waals surface area contributed by atoms with Crippen LogP contribution in [0.1, 0.15) is 174 Å². The standard InChI is InChI=1S/C46H77O8P/c1-3-5-7-9-11-13-15-17-19-21-23-25-27-29-31-33-35-37-39-41-46(48)54-44(43-53-55(49,50)51)42-52-45(47)40-38-36-34-32-30-28-26-24-22-20-18-16-14-12-10-8-6-4-2/h5,7,11,13-14,16-17,19-20,22-23,25,29,31,44H,3-4,6,8-10,12,15,18,21,24,26-28,30,32-43H2,1-2H3,(H2,49,50,51)/b7-5-,13-11-,16-14-,19-17-,22-20-,25-23-,31-29-. The first kappa shape index (κ1) is 52.2. The van der Waals surface area contributed by atoms with Gasteiger partial charge in [0.1, 0.15) is 6.61 Å². The minimum absolute atomic E-state index is 0.166. The minimum atomic E-state index is -4.77. The van der Waals surface area contributed by atoms with E-state index in [1.165, 1.54) is 51.4 Å². The van der Waals surface area contributed by atoms with Crippen LogP contribution < -0.4 is 0 Å². The molecule has 314 valence electrons. The van der Waals surface area contributed by atoms with Gasteiger partial charge in [-0.15, -0.1) is 0 Å². The Bertz CT molecular complexity index is 1160. The van der Waals surface area contributed by atoms with E-state index < -0.39 is 32.5 Å². The van der Waals surface area contributed by atoms with Gasteiger partial charge in [0.05, 0.1) is 6.61 Å². The Kier molecular flexibility index (Phi) is 38.8. The third kappa shape index (κ3) is 43.8. The zero-order valence-corrected chi connectivity index (χ0v) is 35.4. The number of carbonyl (C=O) groups is 2. The molecule has 0 aliphatic heterocycles. The molecule has 0 fully saturated rings. The highest BCUT2D eigenvalue weighted by Crippen LogP contribution is 2.36. The third-order valence-electron chi connectivity index (χ3n) is 8.65. The van der Waals surface area contributed by atoms with E-state index in [2.05, 4.69) is 103 Å². The molecule has 0 aromatic heterocycles. The maximum absolute atomic E-state index is 12.4. The van der Waals surface area contributed by atoms with Crippen LogP contribution in [0.2, 0.25) is 0 Å². The Hall–Kier alpha value is -2.77. The van der Waals surface area contributed by atoms with Gasteiger partial charge in [-0.25, -0.2) is 4.57 Å². The largest absolute Gasteiger partial charge is 0.469 e. The van der Waals surface area contributed by atoms with Gasteiger partial charge in [-0.1, -0.05) is 157 Å². The monoisotopic (exact) mass is 789 g/mol. The summed E-state index contributed by atoms with van der Waals surface area (Å²) in [7, 11) is -4.77. The molecule has 1 unspecified atom stereocenters. The molecule has 0 aromatic carbocycles. The van der Waals surface area contributed by atoms with E-state index in [9.17, 15) is 14.2 Å². The SMILES string of the molecule is CC/C=C\C/C=C\C/C=C\C/C=C\C/C=C\CCCCCC(=O)OC(COC(=O)CCCCCCCCC/C=C\C/C=C\CCCCCC)COP(=O)(O)O. The van der Waals surface area contributed by atoms with Gasteiger partial charge in [0.15, 0.2) is 6.10 Å². The third-order valence-corrected chi connectivity index (χ3v) is 9.13. The molecule has 1 atom stereocenters. The van der Waals surface area contributed by atoms with E-state index in [4.69, 9.17) is 19.3 Å². The van der Waals surface area contributed by atoms with Gasteiger partial charge >= 0.3 is 19.8 Å². The van der Waals surface area contributed by atoms with Crippen LogP contribution in [-0.2, 0) is 28.2 Å². The van der Waals surface area contributed by atoms with Crippen molar-refractivity contribution < 1.29 is 37.9 Å². The molecule has 2 N–H and O–H groups in total. The van der Waals surface area contributed by atoms with E-state index in [0.717, 1.165) is 83.5 Å². The van der Waals surface area contributed by atoms with Crippen molar-refractivity contribution >= 4 is 19.8 Å². The Morgan fingerprint density at radius 2 is 0.873 bits per heavy atom. The van der Waals surface area contributed by atoms with Crippen LogP contribution in [0.4, 0.5) is 0 Å². The van der Waals surface area contributed by atoms with Gasteiger partial charge in [0, 0.05) is 12.8 Å². The van der Waals surface area contributed by atoms with E-state index in [1.54, 1.807) is 0 Å². The lowest BCUT2D eigenvalue weighted by molar-refractivity contribution is -0.161. The van der Waals surface area contributed by atoms with Crippen LogP contribution in [0, 0.1) is 0 Å². The van der Waals surface area contributed by atoms with Gasteiger partial charge in [-0.05, 0) is 89.9 Å². The molecule has 55 heavy (non-hydrogen) atoms. The van der Waals surface area contributed by atoms with Crippen molar-refractivity contribution in [3.63, 3.8) is 0 Å². The molecule has 8 nitrogen and oxygen atoms in total. The number of ether oxygens (including phenoxy) is 2. The van der Waals surface area contributed by atoms with Crippen LogP contribution in [-0.4, -0.2) is 41.0 Å². The highest BCUT2D eigenvalue weighted by Gasteiger charge is 2.22. The normalized spacial score (nSPS) is 13.3. The van der Waals surface area contributed by atoms with Crippen LogP contribution in [0.25, 0.3) is 0 Å². The number of carbonyl (C=O) groups excluding carboxylic acids is 2. The average molecular weight is 789 g/mol. The van der Waals surface area contributed by atoms with Crippen LogP contribution in [0.15, 0.2) is 85.1 Å². The van der Waals surface area contributed by atoms with Crippen molar-refractivity contribution in [1.29, 1.82) is 0 Å². The second-order valence-corrected chi connectivity index (χ2v) is 15.2. The molecule has 0 saturated carbocycles. The number of hydrogen-bond acceptors (Lipinski definition) is 6. The van der Waals surface area contributed by atoms with E-state index >= 15 is 0 Å². The van der Waals surface area contributed by atoms with Crippen LogP contribution in [0.5, 0.6) is 0 Å². The number of unbranched alkanes of at least 4 members (excludes halogenated alkanes) is 14. The smallest absolute Gasteiger partial charge is 0.462 e. The fourth-order valence-corrected chi connectivity index (χ4v) is 5.85. The summed E-state index contributed by atoms with van der Waals surface area (Å²) >= 11 is 0. The summed E-state index contributed by atoms with van der Waals surface area (Å²) in [5.41, 5.74) is 0. The molecule has 0 heterocycles. The predicted octanol–water partition coefficient (Wildman–Crippen LogP) is 13.2. The lowest BCUT2D eigenvalue weighted by Gasteiger charge is -2.18. The van der Waals surface area contributed by atoms with Crippen molar-refractivity contribution in [3.8, 4) is 0 Å². The second kappa shape index (κ2) is 40.9. The molecule has 0 aliphatic rings. The van der Waals surface area contributed by atoms with Gasteiger partial charge in [-0.3, -0.25) is 14.1 Å². The fraction of sp³-hybridized carbons (Fsp3) is 0.652. The van der Waals surface area contributed by atoms with Crippen molar-refractivity contribution in [2.45, 2.75) is 180 Å². The molecule has 0 bridgehead atoms. The van der Waals surface area contributed by atoms with Gasteiger partial charge in [0.25, 0.3) is 0 Å². The average Bonchev–Trinajstić information content (AvgIpc) is 3.16. The number of rotatable bonds is 38. The highest BCUT2D eigenvalue weighted by molar-refractivity contribution is 7.46. The lowest BCUT2D eigenvalue weighted by Crippen LogP contribution is -2.29. The number of phosphoric ester groups is 1. The van der Waals surface area contributed by atoms with Gasteiger partial charge < -0.3 is 19.3 Å². The Balaban J connectivity index is 4.02. The number of hydrogen-bond donors (Lipinski definition) is 2. The summed E-state index contributed by atoms with van der Waals surface area (Å²) in [6.07, 6.45) is 54.4. The first-order valence-corrected chi connectivity index (χ1v) is 22.9. The summed E-state index contributed by atoms with van der Waals surface area (Å²) in [6.45, 7) is 3.52. The summed E-state index contributed by atoms with van der Waals surface area (Å²) in [5, 5.41) is 0. The number of phosphoric acid groups is 1. The molecule has 0 radical (unpaired) electrons. The van der Waals surface area contributed by atoms with Gasteiger partial charge in [-0.2, -0.15) is 0 Å². The zero-order chi connectivity index (χ0) is 40.3. The lowest BCUT2D eigenvalue weighted by atomic mass is 10.1. The maximum Gasteiger partial charge on any atom is 0.469 e. The summed E-state index contributed by atoms with van der Waals surface area (Å²) in [5.74, 6) is -0.938. The molecule has 0 amide bonds. The zero-order valence-electron chi connectivity index (χ0n) is 34.5. The van der Waals surface area contributed by atoms with Crippen molar-refractivity contribution in [2.75, 3.05) is 13.2 Å². The molecule has 9 heteroatoms.